The van der Waals surface area contributed by atoms with Crippen LogP contribution >= 0.6 is 0 Å². The highest BCUT2D eigenvalue weighted by Crippen LogP contribution is 2.43. The summed E-state index contributed by atoms with van der Waals surface area (Å²) in [6, 6.07) is 0. The van der Waals surface area contributed by atoms with Gasteiger partial charge in [0.05, 0.1) is 0 Å². The molecule has 1 heteroatoms. The molecule has 0 amide bonds. The average molecular weight is 208 g/mol. The minimum atomic E-state index is 0.323. The van der Waals surface area contributed by atoms with E-state index in [4.69, 9.17) is 5.11 Å². The molecule has 15 heavy (non-hydrogen) atoms. The van der Waals surface area contributed by atoms with Gasteiger partial charge in [-0.05, 0) is 43.9 Å². The van der Waals surface area contributed by atoms with Crippen molar-refractivity contribution in [3.63, 3.8) is 0 Å². The lowest BCUT2D eigenvalue weighted by atomic mass is 9.77. The predicted octanol–water partition coefficient (Wildman–Crippen LogP) is 3.70. The van der Waals surface area contributed by atoms with Crippen molar-refractivity contribution in [2.45, 2.75) is 46.5 Å². The third kappa shape index (κ3) is 3.20. The van der Waals surface area contributed by atoms with E-state index in [0.717, 1.165) is 19.3 Å². The molecule has 0 aromatic rings. The largest absolute Gasteiger partial charge is 0.396 e. The van der Waals surface area contributed by atoms with Crippen molar-refractivity contribution >= 4 is 0 Å². The quantitative estimate of drug-likeness (QED) is 0.539. The molecule has 0 fully saturated rings. The Morgan fingerprint density at radius 1 is 1.47 bits per heavy atom. The molecule has 0 aromatic carbocycles. The second-order valence-corrected chi connectivity index (χ2v) is 5.10. The lowest BCUT2D eigenvalue weighted by Crippen LogP contribution is -2.18. The molecule has 1 nitrogen and oxygen atoms in total. The van der Waals surface area contributed by atoms with Crippen molar-refractivity contribution < 1.29 is 5.11 Å². The molecule has 1 rings (SSSR count). The van der Waals surface area contributed by atoms with Crippen LogP contribution in [0.4, 0.5) is 0 Å². The maximum Gasteiger partial charge on any atom is 0.0431 e. The second-order valence-electron chi connectivity index (χ2n) is 5.10. The Labute approximate surface area is 93.9 Å². The van der Waals surface area contributed by atoms with Crippen molar-refractivity contribution in [2.75, 3.05) is 6.61 Å². The number of unbranched alkanes of at least 4 members (excludes halogenated alkanes) is 2. The van der Waals surface area contributed by atoms with Crippen LogP contribution in [-0.2, 0) is 0 Å². The van der Waals surface area contributed by atoms with Gasteiger partial charge in [-0.25, -0.2) is 0 Å². The molecule has 1 unspecified atom stereocenters. The fourth-order valence-electron chi connectivity index (χ4n) is 2.11. The van der Waals surface area contributed by atoms with E-state index in [9.17, 15) is 0 Å². The van der Waals surface area contributed by atoms with Gasteiger partial charge in [-0.1, -0.05) is 37.6 Å². The zero-order chi connectivity index (χ0) is 11.3. The first-order valence-electron chi connectivity index (χ1n) is 6.03. The Balaban J connectivity index is 2.34. The van der Waals surface area contributed by atoms with Crippen LogP contribution < -0.4 is 0 Å². The molecule has 0 aromatic heterocycles. The predicted molar refractivity (Wildman–Crippen MR) is 65.7 cm³/mol. The summed E-state index contributed by atoms with van der Waals surface area (Å²) in [7, 11) is 0. The first kappa shape index (κ1) is 12.5. The third-order valence-electron chi connectivity index (χ3n) is 3.77. The molecule has 0 heterocycles. The minimum Gasteiger partial charge on any atom is -0.396 e. The fraction of sp³-hybridized carbons (Fsp3) is 0.714. The van der Waals surface area contributed by atoms with Crippen LogP contribution in [0.1, 0.15) is 46.5 Å². The van der Waals surface area contributed by atoms with E-state index in [2.05, 4.69) is 39.0 Å². The maximum atomic E-state index is 8.66. The SMILES string of the molecule is CC1=CCC(C=CCCCCO)C1(C)C. The summed E-state index contributed by atoms with van der Waals surface area (Å²) in [5.74, 6) is 0.673. The molecule has 0 bridgehead atoms. The fourth-order valence-corrected chi connectivity index (χ4v) is 2.11. The van der Waals surface area contributed by atoms with E-state index in [0.29, 0.717) is 17.9 Å². The first-order valence-corrected chi connectivity index (χ1v) is 6.03. The van der Waals surface area contributed by atoms with Gasteiger partial charge >= 0.3 is 0 Å². The summed E-state index contributed by atoms with van der Waals surface area (Å²) in [6.45, 7) is 7.21. The number of hydrogen-bond donors (Lipinski definition) is 1. The molecule has 0 spiro atoms. The van der Waals surface area contributed by atoms with Gasteiger partial charge in [-0.15, -0.1) is 0 Å². The molecular weight excluding hydrogens is 184 g/mol. The molecule has 0 saturated heterocycles. The summed E-state index contributed by atoms with van der Waals surface area (Å²) in [5.41, 5.74) is 1.86. The third-order valence-corrected chi connectivity index (χ3v) is 3.77. The van der Waals surface area contributed by atoms with Gasteiger partial charge in [0.1, 0.15) is 0 Å². The lowest BCUT2D eigenvalue weighted by molar-refractivity contribution is 0.285. The zero-order valence-corrected chi connectivity index (χ0v) is 10.3. The molecule has 0 aliphatic heterocycles. The van der Waals surface area contributed by atoms with E-state index in [1.54, 1.807) is 0 Å². The highest BCUT2D eigenvalue weighted by Gasteiger charge is 2.32. The van der Waals surface area contributed by atoms with Crippen LogP contribution in [0.25, 0.3) is 0 Å². The summed E-state index contributed by atoms with van der Waals surface area (Å²) < 4.78 is 0. The molecule has 1 aliphatic carbocycles. The smallest absolute Gasteiger partial charge is 0.0431 e. The van der Waals surface area contributed by atoms with Crippen LogP contribution in [0.5, 0.6) is 0 Å². The van der Waals surface area contributed by atoms with Crippen molar-refractivity contribution in [1.82, 2.24) is 0 Å². The summed E-state index contributed by atoms with van der Waals surface area (Å²) in [6.07, 6.45) is 11.3. The number of allylic oxidation sites excluding steroid dienone is 4. The maximum absolute atomic E-state index is 8.66. The van der Waals surface area contributed by atoms with Crippen LogP contribution in [0, 0.1) is 11.3 Å². The van der Waals surface area contributed by atoms with Crippen molar-refractivity contribution in [2.24, 2.45) is 11.3 Å². The van der Waals surface area contributed by atoms with Crippen LogP contribution in [0.15, 0.2) is 23.8 Å². The number of hydrogen-bond acceptors (Lipinski definition) is 1. The van der Waals surface area contributed by atoms with E-state index >= 15 is 0 Å². The summed E-state index contributed by atoms with van der Waals surface area (Å²) >= 11 is 0. The Bertz CT molecular complexity index is 248. The van der Waals surface area contributed by atoms with Crippen molar-refractivity contribution in [3.8, 4) is 0 Å². The minimum absolute atomic E-state index is 0.323. The van der Waals surface area contributed by atoms with Gasteiger partial charge in [0.15, 0.2) is 0 Å². The lowest BCUT2D eigenvalue weighted by Gasteiger charge is -2.27. The first-order chi connectivity index (χ1) is 7.09. The van der Waals surface area contributed by atoms with E-state index in [1.165, 1.54) is 12.0 Å². The topological polar surface area (TPSA) is 20.2 Å². The molecule has 1 N–H and O–H groups in total. The van der Waals surface area contributed by atoms with Gasteiger partial charge in [0.25, 0.3) is 0 Å². The van der Waals surface area contributed by atoms with E-state index in [-0.39, 0.29) is 0 Å². The zero-order valence-electron chi connectivity index (χ0n) is 10.3. The van der Waals surface area contributed by atoms with Crippen LogP contribution in [-0.4, -0.2) is 11.7 Å². The van der Waals surface area contributed by atoms with E-state index in [1.807, 2.05) is 0 Å². The Morgan fingerprint density at radius 3 is 2.73 bits per heavy atom. The van der Waals surface area contributed by atoms with Gasteiger partial charge in [-0.2, -0.15) is 0 Å². The Kier molecular flexibility index (Phi) is 4.59. The Morgan fingerprint density at radius 2 is 2.20 bits per heavy atom. The molecule has 0 saturated carbocycles. The monoisotopic (exact) mass is 208 g/mol. The molecule has 1 atom stereocenters. The highest BCUT2D eigenvalue weighted by molar-refractivity contribution is 5.21. The van der Waals surface area contributed by atoms with Crippen LogP contribution in [0.3, 0.4) is 0 Å². The molecule has 86 valence electrons. The van der Waals surface area contributed by atoms with Crippen molar-refractivity contribution in [1.29, 1.82) is 0 Å². The summed E-state index contributed by atoms with van der Waals surface area (Å²) in [5, 5.41) is 8.66. The number of rotatable bonds is 5. The Hall–Kier alpha value is -0.560. The van der Waals surface area contributed by atoms with Gasteiger partial charge < -0.3 is 5.11 Å². The van der Waals surface area contributed by atoms with Gasteiger partial charge in [0, 0.05) is 6.61 Å². The summed E-state index contributed by atoms with van der Waals surface area (Å²) in [4.78, 5) is 0. The normalized spacial score (nSPS) is 24.8. The average Bonchev–Trinajstić information content (AvgIpc) is 2.44. The second kappa shape index (κ2) is 5.50. The van der Waals surface area contributed by atoms with Crippen LogP contribution in [0.2, 0.25) is 0 Å². The van der Waals surface area contributed by atoms with E-state index < -0.39 is 0 Å². The molecular formula is C14H24O. The van der Waals surface area contributed by atoms with Gasteiger partial charge in [-0.3, -0.25) is 0 Å². The highest BCUT2D eigenvalue weighted by atomic mass is 16.2. The molecule has 0 radical (unpaired) electrons. The number of aliphatic hydroxyl groups is 1. The molecule has 1 aliphatic rings. The number of aliphatic hydroxyl groups excluding tert-OH is 1. The van der Waals surface area contributed by atoms with Gasteiger partial charge in [0.2, 0.25) is 0 Å². The van der Waals surface area contributed by atoms with Crippen molar-refractivity contribution in [3.05, 3.63) is 23.8 Å². The standard InChI is InChI=1S/C14H24O/c1-12-9-10-13(14(12,2)3)8-6-4-5-7-11-15/h6,8-9,13,15H,4-5,7,10-11H2,1-3H3.